The third-order valence-electron chi connectivity index (χ3n) is 6.96. The van der Waals surface area contributed by atoms with E-state index in [9.17, 15) is 14.4 Å². The maximum absolute atomic E-state index is 13.3. The van der Waals surface area contributed by atoms with Crippen LogP contribution in [0.25, 0.3) is 0 Å². The quantitative estimate of drug-likeness (QED) is 0.487. The Hall–Kier alpha value is -2.22. The topological polar surface area (TPSA) is 66.5 Å². The summed E-state index contributed by atoms with van der Waals surface area (Å²) in [5.74, 6) is -0.432. The smallest absolute Gasteiger partial charge is 0.248 e. The average Bonchev–Trinajstić information content (AvgIpc) is 3.43. The summed E-state index contributed by atoms with van der Waals surface area (Å²) in [7, 11) is 0. The fourth-order valence-corrected chi connectivity index (χ4v) is 6.00. The monoisotopic (exact) mass is 514 g/mol. The van der Waals surface area contributed by atoms with Gasteiger partial charge in [0.05, 0.1) is 11.8 Å². The molecule has 1 aliphatic heterocycles. The van der Waals surface area contributed by atoms with E-state index in [1.165, 1.54) is 4.90 Å². The van der Waals surface area contributed by atoms with E-state index in [1.807, 2.05) is 54.6 Å². The van der Waals surface area contributed by atoms with Crippen molar-refractivity contribution in [1.29, 1.82) is 0 Å². The molecule has 0 spiro atoms. The Morgan fingerprint density at radius 3 is 2.17 bits per heavy atom. The number of hydrogen-bond acceptors (Lipinski definition) is 3. The zero-order valence-corrected chi connectivity index (χ0v) is 18.6. The SMILES string of the molecule is O=C(Nc1ccc(I)cc1)[C@@H](Cc1ccccc1)N1C(=O)[C@H]2[C@@H]3CC[C@@H](C3)[C@@H]2C1=O. The van der Waals surface area contributed by atoms with Crippen molar-refractivity contribution in [3.8, 4) is 0 Å². The van der Waals surface area contributed by atoms with Gasteiger partial charge in [-0.2, -0.15) is 0 Å². The minimum atomic E-state index is -0.836. The fraction of sp³-hybridized carbons (Fsp3) is 0.375. The highest BCUT2D eigenvalue weighted by Gasteiger charge is 2.62. The second-order valence-corrected chi connectivity index (χ2v) is 9.88. The number of benzene rings is 2. The van der Waals surface area contributed by atoms with Crippen LogP contribution in [0.3, 0.4) is 0 Å². The molecule has 2 saturated carbocycles. The lowest BCUT2D eigenvalue weighted by Gasteiger charge is -2.27. The molecule has 5 nitrogen and oxygen atoms in total. The van der Waals surface area contributed by atoms with Crippen molar-refractivity contribution in [3.63, 3.8) is 0 Å². The molecule has 3 fully saturated rings. The van der Waals surface area contributed by atoms with E-state index in [4.69, 9.17) is 0 Å². The highest BCUT2D eigenvalue weighted by Crippen LogP contribution is 2.56. The number of rotatable bonds is 5. The highest BCUT2D eigenvalue weighted by molar-refractivity contribution is 14.1. The largest absolute Gasteiger partial charge is 0.324 e. The Kier molecular flexibility index (Phi) is 5.13. The van der Waals surface area contributed by atoms with Crippen molar-refractivity contribution in [2.75, 3.05) is 5.32 Å². The Bertz CT molecular complexity index is 963. The zero-order chi connectivity index (χ0) is 20.8. The van der Waals surface area contributed by atoms with E-state index in [2.05, 4.69) is 27.9 Å². The Morgan fingerprint density at radius 2 is 1.57 bits per heavy atom. The number of hydrogen-bond donors (Lipinski definition) is 1. The lowest BCUT2D eigenvalue weighted by Crippen LogP contribution is -2.49. The van der Waals surface area contributed by atoms with Crippen molar-refractivity contribution >= 4 is 46.0 Å². The number of amides is 3. The molecule has 5 rings (SSSR count). The Balaban J connectivity index is 1.45. The number of carbonyl (C=O) groups excluding carboxylic acids is 3. The zero-order valence-electron chi connectivity index (χ0n) is 16.5. The molecular weight excluding hydrogens is 491 g/mol. The number of halogens is 1. The Morgan fingerprint density at radius 1 is 0.967 bits per heavy atom. The lowest BCUT2D eigenvalue weighted by atomic mass is 9.81. The number of nitrogens with zero attached hydrogens (tertiary/aromatic N) is 1. The summed E-state index contributed by atoms with van der Waals surface area (Å²) in [5.41, 5.74) is 1.60. The van der Waals surface area contributed by atoms with Crippen LogP contribution in [0.5, 0.6) is 0 Å². The number of fused-ring (bicyclic) bond motifs is 5. The van der Waals surface area contributed by atoms with E-state index in [1.54, 1.807) is 0 Å². The number of likely N-dealkylation sites (tertiary alicyclic amines) is 1. The van der Waals surface area contributed by atoms with Crippen LogP contribution in [0.15, 0.2) is 54.6 Å². The molecule has 0 unspecified atom stereocenters. The molecule has 2 aromatic rings. The molecule has 3 aliphatic rings. The lowest BCUT2D eigenvalue weighted by molar-refractivity contribution is -0.147. The summed E-state index contributed by atoms with van der Waals surface area (Å²) in [6, 6.07) is 16.3. The first-order valence-corrected chi connectivity index (χ1v) is 11.6. The van der Waals surface area contributed by atoms with Gasteiger partial charge in [-0.15, -0.1) is 0 Å². The van der Waals surface area contributed by atoms with Crippen LogP contribution >= 0.6 is 22.6 Å². The van der Waals surface area contributed by atoms with Crippen molar-refractivity contribution in [1.82, 2.24) is 4.90 Å². The van der Waals surface area contributed by atoms with Gasteiger partial charge in [0, 0.05) is 15.7 Å². The van der Waals surface area contributed by atoms with E-state index >= 15 is 0 Å². The van der Waals surface area contributed by atoms with Gasteiger partial charge in [0.1, 0.15) is 6.04 Å². The van der Waals surface area contributed by atoms with Gasteiger partial charge in [-0.1, -0.05) is 30.3 Å². The van der Waals surface area contributed by atoms with Crippen LogP contribution in [-0.2, 0) is 20.8 Å². The summed E-state index contributed by atoms with van der Waals surface area (Å²) in [6.07, 6.45) is 3.36. The fourth-order valence-electron chi connectivity index (χ4n) is 5.64. The minimum absolute atomic E-state index is 0.143. The van der Waals surface area contributed by atoms with Gasteiger partial charge in [-0.3, -0.25) is 19.3 Å². The molecule has 2 bridgehead atoms. The molecule has 1 saturated heterocycles. The molecule has 1 N–H and O–H groups in total. The summed E-state index contributed by atoms with van der Waals surface area (Å²) < 4.78 is 1.07. The van der Waals surface area contributed by atoms with Crippen LogP contribution < -0.4 is 5.32 Å². The predicted molar refractivity (Wildman–Crippen MR) is 121 cm³/mol. The molecule has 2 aromatic carbocycles. The van der Waals surface area contributed by atoms with Crippen molar-refractivity contribution in [3.05, 3.63) is 63.7 Å². The van der Waals surface area contributed by atoms with Gasteiger partial charge in [0.25, 0.3) is 0 Å². The molecule has 154 valence electrons. The van der Waals surface area contributed by atoms with E-state index in [-0.39, 0.29) is 29.6 Å². The normalized spacial score (nSPS) is 28.0. The number of anilines is 1. The average molecular weight is 514 g/mol. The first kappa shape index (κ1) is 19.7. The van der Waals surface area contributed by atoms with Crippen LogP contribution in [0.2, 0.25) is 0 Å². The molecule has 3 amide bonds. The van der Waals surface area contributed by atoms with Crippen molar-refractivity contribution in [2.45, 2.75) is 31.7 Å². The van der Waals surface area contributed by atoms with Gasteiger partial charge < -0.3 is 5.32 Å². The molecule has 30 heavy (non-hydrogen) atoms. The van der Waals surface area contributed by atoms with E-state index in [0.29, 0.717) is 23.9 Å². The summed E-state index contributed by atoms with van der Waals surface area (Å²) in [6.45, 7) is 0. The molecule has 6 heteroatoms. The second kappa shape index (κ2) is 7.80. The summed E-state index contributed by atoms with van der Waals surface area (Å²) in [4.78, 5) is 41.3. The van der Waals surface area contributed by atoms with E-state index < -0.39 is 6.04 Å². The van der Waals surface area contributed by atoms with E-state index in [0.717, 1.165) is 28.4 Å². The second-order valence-electron chi connectivity index (χ2n) is 8.63. The maximum Gasteiger partial charge on any atom is 0.248 e. The first-order chi connectivity index (χ1) is 14.5. The number of carbonyl (C=O) groups is 3. The third kappa shape index (κ3) is 3.35. The maximum atomic E-state index is 13.3. The number of nitrogens with one attached hydrogen (secondary N) is 1. The van der Waals surface area contributed by atoms with Crippen LogP contribution in [0, 0.1) is 27.2 Å². The van der Waals surface area contributed by atoms with Gasteiger partial charge in [-0.25, -0.2) is 0 Å². The van der Waals surface area contributed by atoms with Crippen LogP contribution in [0.4, 0.5) is 5.69 Å². The van der Waals surface area contributed by atoms with Gasteiger partial charge >= 0.3 is 0 Å². The molecule has 2 aliphatic carbocycles. The highest BCUT2D eigenvalue weighted by atomic mass is 127. The van der Waals surface area contributed by atoms with Crippen molar-refractivity contribution in [2.24, 2.45) is 23.7 Å². The standard InChI is InChI=1S/C24H23IN2O3/c25-17-8-10-18(11-9-17)26-22(28)19(12-14-4-2-1-3-5-14)27-23(29)20-15-6-7-16(13-15)21(20)24(27)30/h1-5,8-11,15-16,19-21H,6-7,12-13H2,(H,26,28)/t15-,16+,19-,20+,21+/m1/s1. The molecule has 0 radical (unpaired) electrons. The summed E-state index contributed by atoms with van der Waals surface area (Å²) in [5, 5.41) is 2.92. The predicted octanol–water partition coefficient (Wildman–Crippen LogP) is 3.87. The van der Waals surface area contributed by atoms with Gasteiger partial charge in [0.2, 0.25) is 17.7 Å². The van der Waals surface area contributed by atoms with Crippen molar-refractivity contribution < 1.29 is 14.4 Å². The third-order valence-corrected chi connectivity index (χ3v) is 7.68. The van der Waals surface area contributed by atoms with Gasteiger partial charge in [-0.05, 0) is 83.5 Å². The molecule has 1 heterocycles. The van der Waals surface area contributed by atoms with Gasteiger partial charge in [0.15, 0.2) is 0 Å². The molecule has 5 atom stereocenters. The van der Waals surface area contributed by atoms with Crippen LogP contribution in [0.1, 0.15) is 24.8 Å². The minimum Gasteiger partial charge on any atom is -0.324 e. The van der Waals surface area contributed by atoms with Crippen LogP contribution in [-0.4, -0.2) is 28.7 Å². The number of imide groups is 1. The molecule has 0 aromatic heterocycles. The summed E-state index contributed by atoms with van der Waals surface area (Å²) >= 11 is 2.21. The first-order valence-electron chi connectivity index (χ1n) is 10.5. The Labute approximate surface area is 189 Å². The molecular formula is C24H23IN2O3.